The molecule has 0 saturated heterocycles. The lowest BCUT2D eigenvalue weighted by Crippen LogP contribution is -2.11. The molecule has 1 aliphatic carbocycles. The first-order valence-electron chi connectivity index (χ1n) is 5.89. The van der Waals surface area contributed by atoms with Crippen LogP contribution in [0.1, 0.15) is 36.8 Å². The first kappa shape index (κ1) is 11.1. The van der Waals surface area contributed by atoms with E-state index in [1.807, 2.05) is 18.2 Å². The van der Waals surface area contributed by atoms with Gasteiger partial charge in [0.2, 0.25) is 0 Å². The molecular weight excluding hydrogens is 198 g/mol. The number of hydrogen-bond donors (Lipinski definition) is 1. The Balaban J connectivity index is 2.12. The van der Waals surface area contributed by atoms with Crippen LogP contribution in [0.5, 0.6) is 5.75 Å². The second kappa shape index (κ2) is 4.60. The van der Waals surface area contributed by atoms with Gasteiger partial charge in [0.25, 0.3) is 0 Å². The van der Waals surface area contributed by atoms with Crippen LogP contribution in [0.2, 0.25) is 0 Å². The highest BCUT2D eigenvalue weighted by Gasteiger charge is 2.17. The molecule has 2 rings (SSSR count). The summed E-state index contributed by atoms with van der Waals surface area (Å²) in [6, 6.07) is 6.01. The number of ether oxygens (including phenoxy) is 1. The quantitative estimate of drug-likeness (QED) is 0.843. The molecule has 2 heteroatoms. The van der Waals surface area contributed by atoms with Crippen LogP contribution in [-0.4, -0.2) is 6.10 Å². The average Bonchev–Trinajstić information content (AvgIpc) is 2.73. The number of rotatable bonds is 3. The summed E-state index contributed by atoms with van der Waals surface area (Å²) < 4.78 is 5.97. The Hall–Kier alpha value is -1.44. The Kier molecular flexibility index (Phi) is 3.18. The molecule has 0 atom stereocenters. The molecule has 2 nitrogen and oxygen atoms in total. The third-order valence-electron chi connectivity index (χ3n) is 3.14. The Bertz CT molecular complexity index is 392. The van der Waals surface area contributed by atoms with Gasteiger partial charge in [0.15, 0.2) is 0 Å². The average molecular weight is 217 g/mol. The van der Waals surface area contributed by atoms with E-state index in [4.69, 9.17) is 10.5 Å². The van der Waals surface area contributed by atoms with E-state index >= 15 is 0 Å². The second-order valence-corrected chi connectivity index (χ2v) is 4.53. The summed E-state index contributed by atoms with van der Waals surface area (Å²) in [5.41, 5.74) is 8.39. The van der Waals surface area contributed by atoms with Gasteiger partial charge in [-0.2, -0.15) is 0 Å². The van der Waals surface area contributed by atoms with Crippen LogP contribution >= 0.6 is 0 Å². The normalized spacial score (nSPS) is 16.3. The lowest BCUT2D eigenvalue weighted by molar-refractivity contribution is 0.208. The SMILES string of the molecule is C=C(N)c1ccc(OC2CCCC2)c(C)c1. The number of aryl methyl sites for hydroxylation is 1. The van der Waals surface area contributed by atoms with Crippen LogP contribution in [0.3, 0.4) is 0 Å². The molecular formula is C14H19NO. The van der Waals surface area contributed by atoms with Gasteiger partial charge in [-0.15, -0.1) is 0 Å². The van der Waals surface area contributed by atoms with E-state index in [1.54, 1.807) is 0 Å². The van der Waals surface area contributed by atoms with Gasteiger partial charge in [0, 0.05) is 5.70 Å². The van der Waals surface area contributed by atoms with Crippen molar-refractivity contribution < 1.29 is 4.74 Å². The van der Waals surface area contributed by atoms with Gasteiger partial charge >= 0.3 is 0 Å². The molecule has 0 bridgehead atoms. The summed E-state index contributed by atoms with van der Waals surface area (Å²) in [5, 5.41) is 0. The maximum Gasteiger partial charge on any atom is 0.122 e. The number of hydrogen-bond acceptors (Lipinski definition) is 2. The Morgan fingerprint density at radius 3 is 2.62 bits per heavy atom. The van der Waals surface area contributed by atoms with Gasteiger partial charge in [-0.05, 0) is 61.9 Å². The molecule has 1 aromatic rings. The minimum atomic E-state index is 0.408. The number of benzene rings is 1. The maximum atomic E-state index is 5.97. The van der Waals surface area contributed by atoms with Gasteiger partial charge < -0.3 is 10.5 Å². The van der Waals surface area contributed by atoms with Gasteiger partial charge in [-0.3, -0.25) is 0 Å². The highest BCUT2D eigenvalue weighted by molar-refractivity contribution is 5.62. The van der Waals surface area contributed by atoms with Crippen LogP contribution in [0.25, 0.3) is 5.70 Å². The van der Waals surface area contributed by atoms with E-state index in [9.17, 15) is 0 Å². The fourth-order valence-corrected chi connectivity index (χ4v) is 2.17. The molecule has 0 unspecified atom stereocenters. The minimum Gasteiger partial charge on any atom is -0.490 e. The van der Waals surface area contributed by atoms with Gasteiger partial charge in [0.1, 0.15) is 5.75 Å². The lowest BCUT2D eigenvalue weighted by Gasteiger charge is -2.15. The zero-order chi connectivity index (χ0) is 11.5. The summed E-state index contributed by atoms with van der Waals surface area (Å²) >= 11 is 0. The van der Waals surface area contributed by atoms with Gasteiger partial charge in [0.05, 0.1) is 6.10 Å². The van der Waals surface area contributed by atoms with Crippen LogP contribution in [-0.2, 0) is 0 Å². The van der Waals surface area contributed by atoms with Crippen molar-refractivity contribution in [2.45, 2.75) is 38.7 Å². The predicted octanol–water partition coefficient (Wildman–Crippen LogP) is 3.25. The topological polar surface area (TPSA) is 35.2 Å². The van der Waals surface area contributed by atoms with Crippen molar-refractivity contribution >= 4 is 5.70 Å². The summed E-state index contributed by atoms with van der Waals surface area (Å²) in [5.74, 6) is 0.983. The molecule has 0 heterocycles. The molecule has 0 spiro atoms. The first-order valence-corrected chi connectivity index (χ1v) is 5.89. The van der Waals surface area contributed by atoms with Crippen molar-refractivity contribution in [2.24, 2.45) is 5.73 Å². The van der Waals surface area contributed by atoms with Crippen LogP contribution < -0.4 is 10.5 Å². The zero-order valence-electron chi connectivity index (χ0n) is 9.83. The molecule has 86 valence electrons. The molecule has 0 radical (unpaired) electrons. The minimum absolute atomic E-state index is 0.408. The van der Waals surface area contributed by atoms with Crippen molar-refractivity contribution in [1.82, 2.24) is 0 Å². The molecule has 0 aromatic heterocycles. The Labute approximate surface area is 97.1 Å². The second-order valence-electron chi connectivity index (χ2n) is 4.53. The third-order valence-corrected chi connectivity index (χ3v) is 3.14. The lowest BCUT2D eigenvalue weighted by atomic mass is 10.1. The Morgan fingerprint density at radius 1 is 1.38 bits per heavy atom. The fraction of sp³-hybridized carbons (Fsp3) is 0.429. The molecule has 1 saturated carbocycles. The zero-order valence-corrected chi connectivity index (χ0v) is 9.83. The standard InChI is InChI=1S/C14H19NO/c1-10-9-12(11(2)15)7-8-14(10)16-13-5-3-4-6-13/h7-9,13H,2-6,15H2,1H3. The summed E-state index contributed by atoms with van der Waals surface area (Å²) in [6.45, 7) is 5.79. The van der Waals surface area contributed by atoms with Crippen LogP contribution in [0, 0.1) is 6.92 Å². The number of nitrogens with two attached hydrogens (primary N) is 1. The highest BCUT2D eigenvalue weighted by Crippen LogP contribution is 2.27. The smallest absolute Gasteiger partial charge is 0.122 e. The molecule has 1 aliphatic rings. The summed E-state index contributed by atoms with van der Waals surface area (Å²) in [4.78, 5) is 0. The van der Waals surface area contributed by atoms with Crippen LogP contribution in [0.15, 0.2) is 24.8 Å². The molecule has 0 aliphatic heterocycles. The summed E-state index contributed by atoms with van der Waals surface area (Å²) in [7, 11) is 0. The van der Waals surface area contributed by atoms with Gasteiger partial charge in [-0.25, -0.2) is 0 Å². The third kappa shape index (κ3) is 2.38. The van der Waals surface area contributed by atoms with E-state index in [2.05, 4.69) is 13.5 Å². The fourth-order valence-electron chi connectivity index (χ4n) is 2.17. The van der Waals surface area contributed by atoms with Gasteiger partial charge in [-0.1, -0.05) is 6.58 Å². The highest BCUT2D eigenvalue weighted by atomic mass is 16.5. The van der Waals surface area contributed by atoms with E-state index in [-0.39, 0.29) is 0 Å². The molecule has 1 aromatic carbocycles. The van der Waals surface area contributed by atoms with E-state index in [0.29, 0.717) is 11.8 Å². The molecule has 1 fully saturated rings. The van der Waals surface area contributed by atoms with Crippen LogP contribution in [0.4, 0.5) is 0 Å². The van der Waals surface area contributed by atoms with Crippen molar-refractivity contribution in [2.75, 3.05) is 0 Å². The summed E-state index contributed by atoms with van der Waals surface area (Å²) in [6.07, 6.45) is 5.36. The molecule has 0 amide bonds. The Morgan fingerprint density at radius 2 is 2.06 bits per heavy atom. The first-order chi connectivity index (χ1) is 7.66. The van der Waals surface area contributed by atoms with E-state index in [0.717, 1.165) is 16.9 Å². The molecule has 2 N–H and O–H groups in total. The molecule has 16 heavy (non-hydrogen) atoms. The van der Waals surface area contributed by atoms with Crippen molar-refractivity contribution in [3.05, 3.63) is 35.9 Å². The van der Waals surface area contributed by atoms with Crippen molar-refractivity contribution in [3.63, 3.8) is 0 Å². The predicted molar refractivity (Wildman–Crippen MR) is 67.3 cm³/mol. The van der Waals surface area contributed by atoms with Crippen molar-refractivity contribution in [1.29, 1.82) is 0 Å². The largest absolute Gasteiger partial charge is 0.490 e. The van der Waals surface area contributed by atoms with E-state index in [1.165, 1.54) is 25.7 Å². The monoisotopic (exact) mass is 217 g/mol. The van der Waals surface area contributed by atoms with Crippen molar-refractivity contribution in [3.8, 4) is 5.75 Å². The maximum absolute atomic E-state index is 5.97. The van der Waals surface area contributed by atoms with E-state index < -0.39 is 0 Å².